The van der Waals surface area contributed by atoms with Crippen LogP contribution in [0.15, 0.2) is 18.2 Å². The van der Waals surface area contributed by atoms with Gasteiger partial charge in [0.1, 0.15) is 5.75 Å². The van der Waals surface area contributed by atoms with Crippen molar-refractivity contribution >= 4 is 11.6 Å². The van der Waals surface area contributed by atoms with Crippen molar-refractivity contribution in [2.75, 3.05) is 6.54 Å². The monoisotopic (exact) mass is 227 g/mol. The Kier molecular flexibility index (Phi) is 4.92. The van der Waals surface area contributed by atoms with Crippen LogP contribution in [0.3, 0.4) is 0 Å². The lowest BCUT2D eigenvalue weighted by atomic mass is 10.2. The Balaban J connectivity index is 2.66. The van der Waals surface area contributed by atoms with Crippen LogP contribution >= 0.6 is 11.6 Å². The largest absolute Gasteiger partial charge is 0.490 e. The maximum atomic E-state index is 5.94. The summed E-state index contributed by atoms with van der Waals surface area (Å²) in [6, 6.07) is 5.72. The van der Waals surface area contributed by atoms with E-state index in [2.05, 4.69) is 6.92 Å². The predicted octanol–water partition coefficient (Wildman–Crippen LogP) is 3.15. The molecule has 0 aliphatic carbocycles. The Labute approximate surface area is 96.4 Å². The summed E-state index contributed by atoms with van der Waals surface area (Å²) in [5.41, 5.74) is 6.55. The van der Waals surface area contributed by atoms with Gasteiger partial charge >= 0.3 is 0 Å². The highest BCUT2D eigenvalue weighted by Crippen LogP contribution is 2.22. The van der Waals surface area contributed by atoms with Gasteiger partial charge in [-0.2, -0.15) is 0 Å². The van der Waals surface area contributed by atoms with Gasteiger partial charge in [-0.25, -0.2) is 0 Å². The highest BCUT2D eigenvalue weighted by molar-refractivity contribution is 6.31. The molecular formula is C12H18ClNO. The standard InChI is InChI=1S/C12H18ClNO/c1-3-10(6-7-14)15-11-4-5-12(13)9(2)8-11/h4-5,8,10H,3,6-7,14H2,1-2H3. The van der Waals surface area contributed by atoms with Gasteiger partial charge in [-0.15, -0.1) is 0 Å². The minimum absolute atomic E-state index is 0.204. The Morgan fingerprint density at radius 3 is 2.73 bits per heavy atom. The Bertz CT molecular complexity index is 314. The average molecular weight is 228 g/mol. The average Bonchev–Trinajstić information content (AvgIpc) is 2.23. The summed E-state index contributed by atoms with van der Waals surface area (Å²) < 4.78 is 5.80. The third-order valence-electron chi connectivity index (χ3n) is 2.38. The summed E-state index contributed by atoms with van der Waals surface area (Å²) in [7, 11) is 0. The summed E-state index contributed by atoms with van der Waals surface area (Å²) in [6.45, 7) is 4.73. The highest BCUT2D eigenvalue weighted by Gasteiger charge is 2.07. The molecule has 3 heteroatoms. The predicted molar refractivity (Wildman–Crippen MR) is 64.6 cm³/mol. The first-order valence-corrected chi connectivity index (χ1v) is 5.68. The molecule has 1 rings (SSSR count). The Hall–Kier alpha value is -0.730. The summed E-state index contributed by atoms with van der Waals surface area (Å²) in [5.74, 6) is 0.872. The van der Waals surface area contributed by atoms with Crippen LogP contribution in [0.25, 0.3) is 0 Å². The summed E-state index contributed by atoms with van der Waals surface area (Å²) in [4.78, 5) is 0. The summed E-state index contributed by atoms with van der Waals surface area (Å²) in [6.07, 6.45) is 2.06. The summed E-state index contributed by atoms with van der Waals surface area (Å²) >= 11 is 5.94. The van der Waals surface area contributed by atoms with Crippen LogP contribution in [0, 0.1) is 6.92 Å². The van der Waals surface area contributed by atoms with E-state index in [0.29, 0.717) is 6.54 Å². The van der Waals surface area contributed by atoms with Gasteiger partial charge in [-0.3, -0.25) is 0 Å². The SMILES string of the molecule is CCC(CCN)Oc1ccc(Cl)c(C)c1. The second kappa shape index (κ2) is 5.99. The van der Waals surface area contributed by atoms with E-state index in [0.717, 1.165) is 29.2 Å². The smallest absolute Gasteiger partial charge is 0.120 e. The number of nitrogens with two attached hydrogens (primary N) is 1. The molecule has 0 aliphatic rings. The normalized spacial score (nSPS) is 12.5. The molecule has 1 atom stereocenters. The maximum absolute atomic E-state index is 5.94. The molecule has 2 nitrogen and oxygen atoms in total. The molecule has 2 N–H and O–H groups in total. The van der Waals surface area contributed by atoms with Gasteiger partial charge in [0.25, 0.3) is 0 Å². The van der Waals surface area contributed by atoms with Gasteiger partial charge in [0.2, 0.25) is 0 Å². The number of benzene rings is 1. The molecule has 0 aliphatic heterocycles. The molecule has 0 amide bonds. The van der Waals surface area contributed by atoms with Crippen molar-refractivity contribution in [3.63, 3.8) is 0 Å². The van der Waals surface area contributed by atoms with Crippen molar-refractivity contribution < 1.29 is 4.74 Å². The molecule has 0 aromatic heterocycles. The fraction of sp³-hybridized carbons (Fsp3) is 0.500. The Morgan fingerprint density at radius 2 is 2.20 bits per heavy atom. The van der Waals surface area contributed by atoms with Crippen LogP contribution in [0.2, 0.25) is 5.02 Å². The third-order valence-corrected chi connectivity index (χ3v) is 2.80. The van der Waals surface area contributed by atoms with Crippen molar-refractivity contribution in [3.05, 3.63) is 28.8 Å². The van der Waals surface area contributed by atoms with E-state index in [-0.39, 0.29) is 6.10 Å². The summed E-state index contributed by atoms with van der Waals surface area (Å²) in [5, 5.41) is 0.772. The molecule has 0 saturated heterocycles. The fourth-order valence-corrected chi connectivity index (χ4v) is 1.53. The minimum Gasteiger partial charge on any atom is -0.490 e. The number of ether oxygens (including phenoxy) is 1. The van der Waals surface area contributed by atoms with Gasteiger partial charge in [0.15, 0.2) is 0 Å². The molecule has 1 aromatic carbocycles. The van der Waals surface area contributed by atoms with Crippen LogP contribution < -0.4 is 10.5 Å². The number of hydrogen-bond acceptors (Lipinski definition) is 2. The molecular weight excluding hydrogens is 210 g/mol. The van der Waals surface area contributed by atoms with Crippen LogP contribution in [-0.4, -0.2) is 12.6 Å². The highest BCUT2D eigenvalue weighted by atomic mass is 35.5. The van der Waals surface area contributed by atoms with E-state index in [1.807, 2.05) is 25.1 Å². The molecule has 0 bridgehead atoms. The number of hydrogen-bond donors (Lipinski definition) is 1. The second-order valence-electron chi connectivity index (χ2n) is 3.64. The first-order valence-electron chi connectivity index (χ1n) is 5.30. The van der Waals surface area contributed by atoms with Gasteiger partial charge in [0, 0.05) is 5.02 Å². The molecule has 84 valence electrons. The van der Waals surface area contributed by atoms with Gasteiger partial charge < -0.3 is 10.5 Å². The van der Waals surface area contributed by atoms with E-state index in [9.17, 15) is 0 Å². The van der Waals surface area contributed by atoms with Crippen molar-refractivity contribution in [3.8, 4) is 5.75 Å². The Morgan fingerprint density at radius 1 is 1.47 bits per heavy atom. The lowest BCUT2D eigenvalue weighted by Gasteiger charge is -2.17. The zero-order valence-corrected chi connectivity index (χ0v) is 10.1. The molecule has 15 heavy (non-hydrogen) atoms. The van der Waals surface area contributed by atoms with Crippen molar-refractivity contribution in [2.24, 2.45) is 5.73 Å². The van der Waals surface area contributed by atoms with Crippen molar-refractivity contribution in [1.29, 1.82) is 0 Å². The quantitative estimate of drug-likeness (QED) is 0.839. The van der Waals surface area contributed by atoms with Crippen molar-refractivity contribution in [1.82, 2.24) is 0 Å². The zero-order valence-electron chi connectivity index (χ0n) is 9.29. The van der Waals surface area contributed by atoms with E-state index in [4.69, 9.17) is 22.1 Å². The molecule has 0 saturated carbocycles. The molecule has 1 aromatic rings. The topological polar surface area (TPSA) is 35.2 Å². The molecule has 0 radical (unpaired) electrons. The first-order chi connectivity index (χ1) is 7.17. The van der Waals surface area contributed by atoms with Crippen LogP contribution in [0.4, 0.5) is 0 Å². The van der Waals surface area contributed by atoms with Gasteiger partial charge in [-0.1, -0.05) is 18.5 Å². The number of rotatable bonds is 5. The second-order valence-corrected chi connectivity index (χ2v) is 4.04. The third kappa shape index (κ3) is 3.73. The van der Waals surface area contributed by atoms with Gasteiger partial charge in [-0.05, 0) is 50.1 Å². The number of aryl methyl sites for hydroxylation is 1. The van der Waals surface area contributed by atoms with Crippen molar-refractivity contribution in [2.45, 2.75) is 32.8 Å². The fourth-order valence-electron chi connectivity index (χ4n) is 1.42. The maximum Gasteiger partial charge on any atom is 0.120 e. The zero-order chi connectivity index (χ0) is 11.3. The van der Waals surface area contributed by atoms with Crippen LogP contribution in [0.1, 0.15) is 25.3 Å². The lowest BCUT2D eigenvalue weighted by Crippen LogP contribution is -2.19. The van der Waals surface area contributed by atoms with E-state index < -0.39 is 0 Å². The molecule has 0 heterocycles. The lowest BCUT2D eigenvalue weighted by molar-refractivity contribution is 0.189. The molecule has 1 unspecified atom stereocenters. The van der Waals surface area contributed by atoms with Gasteiger partial charge in [0.05, 0.1) is 6.10 Å². The van der Waals surface area contributed by atoms with E-state index in [1.165, 1.54) is 0 Å². The van der Waals surface area contributed by atoms with E-state index >= 15 is 0 Å². The molecule has 0 fully saturated rings. The van der Waals surface area contributed by atoms with E-state index in [1.54, 1.807) is 0 Å². The van der Waals surface area contributed by atoms with Crippen LogP contribution in [-0.2, 0) is 0 Å². The minimum atomic E-state index is 0.204. The number of halogens is 1. The first kappa shape index (κ1) is 12.3. The molecule has 0 spiro atoms. The van der Waals surface area contributed by atoms with Crippen LogP contribution in [0.5, 0.6) is 5.75 Å².